The number of aromatic amines is 1. The molecule has 0 aliphatic carbocycles. The molecule has 0 aliphatic heterocycles. The molecule has 82 valence electrons. The summed E-state index contributed by atoms with van der Waals surface area (Å²) in [5.41, 5.74) is 1.19. The third-order valence-electron chi connectivity index (χ3n) is 2.78. The van der Waals surface area contributed by atoms with E-state index in [1.54, 1.807) is 11.3 Å². The van der Waals surface area contributed by atoms with Crippen LogP contribution in [0.3, 0.4) is 0 Å². The van der Waals surface area contributed by atoms with Crippen molar-refractivity contribution in [2.75, 3.05) is 0 Å². The summed E-state index contributed by atoms with van der Waals surface area (Å²) < 4.78 is 2.15. The fourth-order valence-corrected chi connectivity index (χ4v) is 2.88. The van der Waals surface area contributed by atoms with Crippen LogP contribution in [0.1, 0.15) is 12.6 Å². The third-order valence-corrected chi connectivity index (χ3v) is 4.03. The highest BCUT2D eigenvalue weighted by atomic mass is 32.1. The van der Waals surface area contributed by atoms with Gasteiger partial charge in [-0.3, -0.25) is 0 Å². The lowest BCUT2D eigenvalue weighted by Gasteiger charge is -1.91. The van der Waals surface area contributed by atoms with Gasteiger partial charge in [-0.05, 0) is 18.6 Å². The van der Waals surface area contributed by atoms with Crippen molar-refractivity contribution < 1.29 is 0 Å². The van der Waals surface area contributed by atoms with Gasteiger partial charge in [0.05, 0.1) is 4.88 Å². The Morgan fingerprint density at radius 3 is 3.06 bits per heavy atom. The molecule has 0 bridgehead atoms. The molecule has 0 saturated heterocycles. The van der Waals surface area contributed by atoms with E-state index >= 15 is 0 Å². The number of rotatable bonds is 2. The number of imidazole rings is 1. The zero-order valence-corrected chi connectivity index (χ0v) is 10.1. The standard InChI is InChI=1S/C12H13N3S/c1-3-9-7-13-11(14-9)10-6-8-4-5-15(2)12(8)16-10/h4-7H,3H2,1-2H3,(H,13,14). The Hall–Kier alpha value is -1.55. The van der Waals surface area contributed by atoms with Crippen LogP contribution in [0.25, 0.3) is 20.9 Å². The number of aryl methyl sites for hydroxylation is 2. The van der Waals surface area contributed by atoms with Crippen molar-refractivity contribution in [2.45, 2.75) is 13.3 Å². The van der Waals surface area contributed by atoms with Crippen LogP contribution in [-0.2, 0) is 13.5 Å². The molecule has 16 heavy (non-hydrogen) atoms. The average molecular weight is 231 g/mol. The fraction of sp³-hybridized carbons (Fsp3) is 0.250. The molecule has 0 aromatic carbocycles. The number of nitrogens with zero attached hydrogens (tertiary/aromatic N) is 2. The Morgan fingerprint density at radius 2 is 2.38 bits per heavy atom. The first-order valence-electron chi connectivity index (χ1n) is 5.37. The molecule has 0 radical (unpaired) electrons. The van der Waals surface area contributed by atoms with E-state index in [9.17, 15) is 0 Å². The maximum absolute atomic E-state index is 4.41. The van der Waals surface area contributed by atoms with E-state index in [1.165, 1.54) is 20.8 Å². The van der Waals surface area contributed by atoms with Gasteiger partial charge < -0.3 is 9.55 Å². The number of hydrogen-bond acceptors (Lipinski definition) is 2. The summed E-state index contributed by atoms with van der Waals surface area (Å²) >= 11 is 1.78. The van der Waals surface area contributed by atoms with E-state index in [0.717, 1.165) is 12.2 Å². The Balaban J connectivity index is 2.11. The van der Waals surface area contributed by atoms with E-state index in [1.807, 2.05) is 6.20 Å². The molecule has 3 aromatic rings. The Labute approximate surface area is 97.8 Å². The van der Waals surface area contributed by atoms with Gasteiger partial charge in [-0.25, -0.2) is 4.98 Å². The van der Waals surface area contributed by atoms with Crippen LogP contribution >= 0.6 is 11.3 Å². The second-order valence-electron chi connectivity index (χ2n) is 3.91. The van der Waals surface area contributed by atoms with E-state index in [2.05, 4.69) is 46.8 Å². The number of hydrogen-bond donors (Lipinski definition) is 1. The topological polar surface area (TPSA) is 33.6 Å². The van der Waals surface area contributed by atoms with E-state index in [4.69, 9.17) is 0 Å². The zero-order valence-electron chi connectivity index (χ0n) is 9.32. The molecule has 0 amide bonds. The van der Waals surface area contributed by atoms with E-state index in [0.29, 0.717) is 0 Å². The van der Waals surface area contributed by atoms with Gasteiger partial charge in [-0.15, -0.1) is 11.3 Å². The van der Waals surface area contributed by atoms with Crippen LogP contribution in [0.4, 0.5) is 0 Å². The number of thiophene rings is 1. The number of H-pyrrole nitrogens is 1. The molecule has 0 saturated carbocycles. The first-order chi connectivity index (χ1) is 7.78. The minimum atomic E-state index is 0.984. The van der Waals surface area contributed by atoms with Gasteiger partial charge >= 0.3 is 0 Å². The highest BCUT2D eigenvalue weighted by Crippen LogP contribution is 2.32. The second-order valence-corrected chi connectivity index (χ2v) is 4.94. The fourth-order valence-electron chi connectivity index (χ4n) is 1.83. The number of aromatic nitrogens is 3. The first kappa shape index (κ1) is 9.66. The van der Waals surface area contributed by atoms with Gasteiger partial charge in [0.1, 0.15) is 10.7 Å². The van der Waals surface area contributed by atoms with Crippen LogP contribution in [0.2, 0.25) is 0 Å². The largest absolute Gasteiger partial charge is 0.342 e. The second kappa shape index (κ2) is 3.49. The molecule has 3 heterocycles. The minimum Gasteiger partial charge on any atom is -0.342 e. The molecule has 3 nitrogen and oxygen atoms in total. The number of nitrogens with one attached hydrogen (secondary N) is 1. The lowest BCUT2D eigenvalue weighted by molar-refractivity contribution is 0.978. The highest BCUT2D eigenvalue weighted by molar-refractivity contribution is 7.21. The van der Waals surface area contributed by atoms with E-state index < -0.39 is 0 Å². The summed E-state index contributed by atoms with van der Waals surface area (Å²) in [5.74, 6) is 0.984. The Kier molecular flexibility index (Phi) is 2.11. The van der Waals surface area contributed by atoms with Crippen molar-refractivity contribution >= 4 is 21.6 Å². The predicted molar refractivity (Wildman–Crippen MR) is 67.8 cm³/mol. The lowest BCUT2D eigenvalue weighted by Crippen LogP contribution is -1.79. The normalized spacial score (nSPS) is 11.4. The maximum atomic E-state index is 4.41. The molecule has 3 rings (SSSR count). The smallest absolute Gasteiger partial charge is 0.147 e. The molecule has 0 aliphatic rings. The molecular formula is C12H13N3S. The Morgan fingerprint density at radius 1 is 1.50 bits per heavy atom. The molecule has 4 heteroatoms. The van der Waals surface area contributed by atoms with Crippen molar-refractivity contribution in [3.63, 3.8) is 0 Å². The molecule has 0 atom stereocenters. The summed E-state index contributed by atoms with van der Waals surface area (Å²) in [4.78, 5) is 10.3. The monoisotopic (exact) mass is 231 g/mol. The summed E-state index contributed by atoms with van der Waals surface area (Å²) in [6.07, 6.45) is 5.00. The van der Waals surface area contributed by atoms with Crippen molar-refractivity contribution in [1.29, 1.82) is 0 Å². The quantitative estimate of drug-likeness (QED) is 0.722. The molecule has 0 unspecified atom stereocenters. The SMILES string of the molecule is CCc1cnc(-c2cc3ccn(C)c3s2)[nH]1. The van der Waals surface area contributed by atoms with Gasteiger partial charge in [0.15, 0.2) is 0 Å². The molecule has 0 fully saturated rings. The minimum absolute atomic E-state index is 0.984. The van der Waals surface area contributed by atoms with Gasteiger partial charge in [-0.2, -0.15) is 0 Å². The van der Waals surface area contributed by atoms with Crippen molar-refractivity contribution in [3.05, 3.63) is 30.2 Å². The highest BCUT2D eigenvalue weighted by Gasteiger charge is 2.09. The molecule has 0 spiro atoms. The summed E-state index contributed by atoms with van der Waals surface area (Å²) in [5, 5.41) is 1.29. The summed E-state index contributed by atoms with van der Waals surface area (Å²) in [6, 6.07) is 4.33. The van der Waals surface area contributed by atoms with Crippen LogP contribution < -0.4 is 0 Å². The van der Waals surface area contributed by atoms with Crippen LogP contribution in [0.5, 0.6) is 0 Å². The lowest BCUT2D eigenvalue weighted by atomic mass is 10.3. The first-order valence-corrected chi connectivity index (χ1v) is 6.18. The van der Waals surface area contributed by atoms with Crippen molar-refractivity contribution in [3.8, 4) is 10.7 Å². The van der Waals surface area contributed by atoms with Gasteiger partial charge in [0, 0.05) is 30.5 Å². The molecular weight excluding hydrogens is 218 g/mol. The number of fused-ring (bicyclic) bond motifs is 1. The van der Waals surface area contributed by atoms with Crippen LogP contribution in [0, 0.1) is 0 Å². The summed E-state index contributed by atoms with van der Waals surface area (Å²) in [7, 11) is 2.07. The third kappa shape index (κ3) is 1.38. The van der Waals surface area contributed by atoms with Gasteiger partial charge in [-0.1, -0.05) is 6.92 Å². The average Bonchev–Trinajstić information content (AvgIpc) is 2.95. The van der Waals surface area contributed by atoms with Crippen LogP contribution in [0.15, 0.2) is 24.5 Å². The summed E-state index contributed by atoms with van der Waals surface area (Å²) in [6.45, 7) is 2.13. The maximum Gasteiger partial charge on any atom is 0.147 e. The van der Waals surface area contributed by atoms with Crippen molar-refractivity contribution in [2.24, 2.45) is 7.05 Å². The van der Waals surface area contributed by atoms with Crippen LogP contribution in [-0.4, -0.2) is 14.5 Å². The zero-order chi connectivity index (χ0) is 11.1. The van der Waals surface area contributed by atoms with Crippen molar-refractivity contribution in [1.82, 2.24) is 14.5 Å². The molecule has 3 aromatic heterocycles. The van der Waals surface area contributed by atoms with Gasteiger partial charge in [0.25, 0.3) is 0 Å². The van der Waals surface area contributed by atoms with E-state index in [-0.39, 0.29) is 0 Å². The van der Waals surface area contributed by atoms with Gasteiger partial charge in [0.2, 0.25) is 0 Å². The Bertz CT molecular complexity index is 630. The predicted octanol–water partition coefficient (Wildman–Crippen LogP) is 3.19. The molecule has 1 N–H and O–H groups in total.